The van der Waals surface area contributed by atoms with Crippen molar-refractivity contribution < 1.29 is 13.5 Å². The summed E-state index contributed by atoms with van der Waals surface area (Å²) in [4.78, 5) is 4.35. The van der Waals surface area contributed by atoms with Crippen LogP contribution in [0, 0.1) is 12.3 Å². The van der Waals surface area contributed by atoms with E-state index in [0.717, 1.165) is 5.56 Å². The number of rotatable bonds is 7. The Morgan fingerprint density at radius 2 is 2.18 bits per heavy atom. The smallest absolute Gasteiger partial charge is 0.272 e. The highest BCUT2D eigenvalue weighted by atomic mass is 127. The molecule has 0 heterocycles. The van der Waals surface area contributed by atoms with Gasteiger partial charge in [-0.15, -0.1) is 30.4 Å². The Morgan fingerprint density at radius 1 is 1.41 bits per heavy atom. The van der Waals surface area contributed by atoms with Gasteiger partial charge in [0, 0.05) is 6.54 Å². The summed E-state index contributed by atoms with van der Waals surface area (Å²) in [5.74, 6) is 3.48. The molecule has 0 aliphatic heterocycles. The summed E-state index contributed by atoms with van der Waals surface area (Å²) in [6, 6.07) is 6.92. The lowest BCUT2D eigenvalue weighted by Gasteiger charge is -2.09. The van der Waals surface area contributed by atoms with E-state index in [-0.39, 0.29) is 24.0 Å². The van der Waals surface area contributed by atoms with Crippen molar-refractivity contribution in [2.24, 2.45) is 4.99 Å². The Hall–Kier alpha value is -1.56. The monoisotopic (exact) mass is 423 g/mol. The molecule has 0 radical (unpaired) electrons. The van der Waals surface area contributed by atoms with E-state index in [1.54, 1.807) is 18.2 Å². The summed E-state index contributed by atoms with van der Waals surface area (Å²) in [6.07, 6.45) is 2.70. The predicted octanol–water partition coefficient (Wildman–Crippen LogP) is 2.64. The van der Waals surface area contributed by atoms with Gasteiger partial charge in [0.15, 0.2) is 5.96 Å². The maximum absolute atomic E-state index is 12.1. The van der Waals surface area contributed by atoms with E-state index in [0.29, 0.717) is 31.3 Å². The fraction of sp³-hybridized carbons (Fsp3) is 0.400. The molecule has 0 aliphatic carbocycles. The van der Waals surface area contributed by atoms with E-state index < -0.39 is 13.0 Å². The van der Waals surface area contributed by atoms with Crippen LogP contribution in [0.5, 0.6) is 5.75 Å². The van der Waals surface area contributed by atoms with Crippen molar-refractivity contribution in [1.29, 1.82) is 0 Å². The molecule has 1 aromatic rings. The number of guanidine groups is 1. The highest BCUT2D eigenvalue weighted by Gasteiger charge is 2.04. The van der Waals surface area contributed by atoms with Crippen LogP contribution in [0.1, 0.15) is 12.5 Å². The molecular formula is C15H20F2IN3O. The quantitative estimate of drug-likeness (QED) is 0.307. The van der Waals surface area contributed by atoms with Crippen molar-refractivity contribution in [3.63, 3.8) is 0 Å². The van der Waals surface area contributed by atoms with Crippen LogP contribution in [0.2, 0.25) is 0 Å². The zero-order valence-electron chi connectivity index (χ0n) is 12.3. The molecule has 0 amide bonds. The van der Waals surface area contributed by atoms with Gasteiger partial charge in [-0.25, -0.2) is 13.8 Å². The molecule has 122 valence electrons. The molecule has 0 aliphatic rings. The van der Waals surface area contributed by atoms with Gasteiger partial charge in [-0.05, 0) is 24.6 Å². The molecule has 4 nitrogen and oxygen atoms in total. The number of alkyl halides is 2. The zero-order chi connectivity index (χ0) is 15.5. The lowest BCUT2D eigenvalue weighted by molar-refractivity contribution is 0.0818. The number of nitrogens with zero attached hydrogens (tertiary/aromatic N) is 1. The average Bonchev–Trinajstić information content (AvgIpc) is 2.48. The normalized spacial score (nSPS) is 10.6. The van der Waals surface area contributed by atoms with Gasteiger partial charge in [0.25, 0.3) is 6.43 Å². The number of nitrogens with one attached hydrogen (secondary N) is 2. The van der Waals surface area contributed by atoms with E-state index >= 15 is 0 Å². The van der Waals surface area contributed by atoms with Gasteiger partial charge in [0.2, 0.25) is 0 Å². The maximum atomic E-state index is 12.1. The van der Waals surface area contributed by atoms with Gasteiger partial charge in [0.1, 0.15) is 12.4 Å². The molecule has 0 saturated heterocycles. The van der Waals surface area contributed by atoms with Crippen LogP contribution in [0.3, 0.4) is 0 Å². The van der Waals surface area contributed by atoms with E-state index in [4.69, 9.17) is 11.2 Å². The number of hydrogen-bond donors (Lipinski definition) is 2. The van der Waals surface area contributed by atoms with Crippen LogP contribution in [-0.2, 0) is 6.54 Å². The number of benzene rings is 1. The Morgan fingerprint density at radius 3 is 2.82 bits per heavy atom. The van der Waals surface area contributed by atoms with Crippen molar-refractivity contribution in [3.8, 4) is 18.1 Å². The summed E-state index contributed by atoms with van der Waals surface area (Å²) in [5.41, 5.74) is 0.861. The van der Waals surface area contributed by atoms with Gasteiger partial charge in [0.05, 0.1) is 13.1 Å². The molecule has 0 aromatic heterocycles. The number of ether oxygens (including phenoxy) is 1. The summed E-state index contributed by atoms with van der Waals surface area (Å²) >= 11 is 0. The van der Waals surface area contributed by atoms with Gasteiger partial charge < -0.3 is 15.4 Å². The third-order valence-electron chi connectivity index (χ3n) is 2.40. The van der Waals surface area contributed by atoms with E-state index in [1.807, 2.05) is 13.0 Å². The molecule has 0 saturated carbocycles. The lowest BCUT2D eigenvalue weighted by Crippen LogP contribution is -2.37. The van der Waals surface area contributed by atoms with Crippen LogP contribution >= 0.6 is 24.0 Å². The molecule has 0 bridgehead atoms. The summed E-state index contributed by atoms with van der Waals surface area (Å²) in [6.45, 7) is 2.83. The lowest BCUT2D eigenvalue weighted by atomic mass is 10.2. The first-order chi connectivity index (χ1) is 10.2. The van der Waals surface area contributed by atoms with Gasteiger partial charge in [-0.1, -0.05) is 18.1 Å². The number of terminal acetylenes is 1. The second-order valence-corrected chi connectivity index (χ2v) is 4.10. The average molecular weight is 423 g/mol. The van der Waals surface area contributed by atoms with Crippen molar-refractivity contribution in [2.45, 2.75) is 19.9 Å². The Kier molecular flexibility index (Phi) is 11.2. The predicted molar refractivity (Wildman–Crippen MR) is 95.0 cm³/mol. The third kappa shape index (κ3) is 8.67. The first-order valence-corrected chi connectivity index (χ1v) is 6.61. The second kappa shape index (κ2) is 12.0. The van der Waals surface area contributed by atoms with Crippen LogP contribution in [0.15, 0.2) is 29.3 Å². The van der Waals surface area contributed by atoms with Crippen molar-refractivity contribution in [2.75, 3.05) is 19.7 Å². The minimum Gasteiger partial charge on any atom is -0.488 e. The Balaban J connectivity index is 0.00000441. The summed E-state index contributed by atoms with van der Waals surface area (Å²) in [5, 5.41) is 6.02. The van der Waals surface area contributed by atoms with Crippen LogP contribution in [0.25, 0.3) is 0 Å². The molecule has 22 heavy (non-hydrogen) atoms. The number of aliphatic imine (C=N–C) groups is 1. The standard InChI is InChI=1S/C15H19F2N3O.HI/c1-3-8-19-15(18-4-2)20-10-12-6-5-7-13(9-12)21-11-14(16)17;/h1,5-7,9,14H,4,8,10-11H2,2H3,(H2,18,19,20);1H. The maximum Gasteiger partial charge on any atom is 0.272 e. The molecule has 0 spiro atoms. The van der Waals surface area contributed by atoms with Gasteiger partial charge in [-0.3, -0.25) is 0 Å². The highest BCUT2D eigenvalue weighted by Crippen LogP contribution is 2.14. The Bertz CT molecular complexity index is 504. The highest BCUT2D eigenvalue weighted by molar-refractivity contribution is 14.0. The van der Waals surface area contributed by atoms with E-state index in [1.165, 1.54) is 0 Å². The molecular weight excluding hydrogens is 403 g/mol. The molecule has 0 unspecified atom stereocenters. The van der Waals surface area contributed by atoms with Crippen LogP contribution < -0.4 is 15.4 Å². The van der Waals surface area contributed by atoms with Crippen LogP contribution in [0.4, 0.5) is 8.78 Å². The second-order valence-electron chi connectivity index (χ2n) is 4.10. The molecule has 7 heteroatoms. The minimum absolute atomic E-state index is 0. The molecule has 0 atom stereocenters. The molecule has 1 rings (SSSR count). The number of halogens is 3. The first kappa shape index (κ1) is 20.4. The third-order valence-corrected chi connectivity index (χ3v) is 2.40. The summed E-state index contributed by atoms with van der Waals surface area (Å²) < 4.78 is 29.2. The molecule has 2 N–H and O–H groups in total. The van der Waals surface area contributed by atoms with Crippen molar-refractivity contribution in [3.05, 3.63) is 29.8 Å². The largest absolute Gasteiger partial charge is 0.488 e. The van der Waals surface area contributed by atoms with Gasteiger partial charge >= 0.3 is 0 Å². The van der Waals surface area contributed by atoms with Crippen molar-refractivity contribution >= 4 is 29.9 Å². The number of hydrogen-bond acceptors (Lipinski definition) is 2. The van der Waals surface area contributed by atoms with Crippen molar-refractivity contribution in [1.82, 2.24) is 10.6 Å². The van der Waals surface area contributed by atoms with E-state index in [2.05, 4.69) is 21.5 Å². The SMILES string of the molecule is C#CCNC(=NCc1cccc(OCC(F)F)c1)NCC.I. The fourth-order valence-electron chi connectivity index (χ4n) is 1.54. The van der Waals surface area contributed by atoms with Crippen LogP contribution in [-0.4, -0.2) is 32.1 Å². The fourth-order valence-corrected chi connectivity index (χ4v) is 1.54. The molecule has 1 aromatic carbocycles. The van der Waals surface area contributed by atoms with Gasteiger partial charge in [-0.2, -0.15) is 0 Å². The Labute approximate surface area is 146 Å². The van der Waals surface area contributed by atoms with E-state index in [9.17, 15) is 8.78 Å². The topological polar surface area (TPSA) is 45.7 Å². The first-order valence-electron chi connectivity index (χ1n) is 6.61. The minimum atomic E-state index is -2.49. The summed E-state index contributed by atoms with van der Waals surface area (Å²) in [7, 11) is 0. The zero-order valence-corrected chi connectivity index (χ0v) is 14.6. The molecule has 0 fully saturated rings.